The van der Waals surface area contributed by atoms with Crippen molar-refractivity contribution in [3.05, 3.63) is 72.6 Å². The van der Waals surface area contributed by atoms with Gasteiger partial charge in [0.1, 0.15) is 39.6 Å². The average molecular weight is 510 g/mol. The number of nitrogens with one attached hydrogen (secondary N) is 1. The van der Waals surface area contributed by atoms with Gasteiger partial charge in [0, 0.05) is 30.2 Å². The van der Waals surface area contributed by atoms with Crippen LogP contribution >= 0.6 is 0 Å². The molecule has 1 N–H and O–H groups in total. The van der Waals surface area contributed by atoms with E-state index in [4.69, 9.17) is 14.2 Å². The summed E-state index contributed by atoms with van der Waals surface area (Å²) in [6, 6.07) is 12.9. The number of rotatable bonds is 10. The van der Waals surface area contributed by atoms with E-state index in [9.17, 15) is 8.42 Å². The van der Waals surface area contributed by atoms with Crippen LogP contribution in [0.3, 0.4) is 0 Å². The van der Waals surface area contributed by atoms with Crippen LogP contribution < -0.4 is 18.9 Å². The number of ether oxygens (including phenoxy) is 3. The molecule has 0 unspecified atom stereocenters. The molecule has 0 saturated heterocycles. The van der Waals surface area contributed by atoms with Crippen molar-refractivity contribution in [2.24, 2.45) is 0 Å². The van der Waals surface area contributed by atoms with E-state index < -0.39 is 10.0 Å². The van der Waals surface area contributed by atoms with Crippen molar-refractivity contribution in [2.75, 3.05) is 17.9 Å². The number of aryl methyl sites for hydroxylation is 2. The first-order chi connectivity index (χ1) is 17.3. The van der Waals surface area contributed by atoms with Gasteiger partial charge < -0.3 is 14.2 Å². The normalized spacial score (nSPS) is 11.2. The van der Waals surface area contributed by atoms with Crippen molar-refractivity contribution in [2.45, 2.75) is 32.6 Å². The minimum atomic E-state index is -3.94. The van der Waals surface area contributed by atoms with Gasteiger partial charge in [-0.3, -0.25) is 9.29 Å². The van der Waals surface area contributed by atoms with E-state index in [0.29, 0.717) is 47.9 Å². The second-order valence-electron chi connectivity index (χ2n) is 7.66. The number of imidazole rings is 1. The number of nitrogens with zero attached hydrogens (tertiary/aromatic N) is 4. The molecular formula is C25H27N5O5S. The van der Waals surface area contributed by atoms with Gasteiger partial charge in [-0.05, 0) is 64.1 Å². The van der Waals surface area contributed by atoms with Crippen molar-refractivity contribution < 1.29 is 22.6 Å². The van der Waals surface area contributed by atoms with Gasteiger partial charge in [0.2, 0.25) is 5.88 Å². The highest BCUT2D eigenvalue weighted by atomic mass is 32.2. The third-order valence-corrected chi connectivity index (χ3v) is 6.42. The SMILES string of the molecule is CCOc1ccc(OCC)c(S(=O)(=O)Nc2ccc(Oc3cc(-n4ccnc4C)nc(C)n3)cc2)c1. The third-order valence-electron chi connectivity index (χ3n) is 5.02. The van der Waals surface area contributed by atoms with Crippen LogP contribution in [0.4, 0.5) is 5.69 Å². The largest absolute Gasteiger partial charge is 0.494 e. The summed E-state index contributed by atoms with van der Waals surface area (Å²) in [6.45, 7) is 8.01. The first-order valence-electron chi connectivity index (χ1n) is 11.4. The van der Waals surface area contributed by atoms with Crippen molar-refractivity contribution in [3.8, 4) is 28.9 Å². The van der Waals surface area contributed by atoms with Crippen LogP contribution in [0, 0.1) is 13.8 Å². The molecule has 2 heterocycles. The summed E-state index contributed by atoms with van der Waals surface area (Å²) >= 11 is 0. The molecule has 11 heteroatoms. The molecule has 10 nitrogen and oxygen atoms in total. The molecule has 0 aliphatic heterocycles. The summed E-state index contributed by atoms with van der Waals surface area (Å²) in [6.07, 6.45) is 3.50. The Morgan fingerprint density at radius 3 is 2.31 bits per heavy atom. The molecule has 0 atom stereocenters. The second-order valence-corrected chi connectivity index (χ2v) is 9.31. The highest BCUT2D eigenvalue weighted by Gasteiger charge is 2.21. The molecule has 0 saturated carbocycles. The van der Waals surface area contributed by atoms with Crippen LogP contribution in [-0.2, 0) is 10.0 Å². The first kappa shape index (κ1) is 25.0. The molecule has 4 aromatic rings. The average Bonchev–Trinajstić information content (AvgIpc) is 3.27. The van der Waals surface area contributed by atoms with Crippen LogP contribution in [0.5, 0.6) is 23.1 Å². The fourth-order valence-electron chi connectivity index (χ4n) is 3.47. The summed E-state index contributed by atoms with van der Waals surface area (Å²) < 4.78 is 47.6. The third kappa shape index (κ3) is 5.74. The fourth-order valence-corrected chi connectivity index (χ4v) is 4.69. The standard InChI is InChI=1S/C25H27N5O5S/c1-5-33-21-11-12-22(34-6-2)23(15-21)36(31,32)29-19-7-9-20(10-8-19)35-25-16-24(27-17(3)28-25)30-14-13-26-18(30)4/h7-16,29H,5-6H2,1-4H3. The number of hydrogen-bond donors (Lipinski definition) is 1. The van der Waals surface area contributed by atoms with Crippen LogP contribution in [0.1, 0.15) is 25.5 Å². The highest BCUT2D eigenvalue weighted by Crippen LogP contribution is 2.31. The van der Waals surface area contributed by atoms with Crippen molar-refractivity contribution in [1.82, 2.24) is 19.5 Å². The summed E-state index contributed by atoms with van der Waals surface area (Å²) in [5, 5.41) is 0. The zero-order valence-corrected chi connectivity index (χ0v) is 21.2. The lowest BCUT2D eigenvalue weighted by Gasteiger charge is -2.14. The zero-order valence-electron chi connectivity index (χ0n) is 20.4. The van der Waals surface area contributed by atoms with Gasteiger partial charge in [0.05, 0.1) is 13.2 Å². The number of aromatic nitrogens is 4. The maximum atomic E-state index is 13.1. The Morgan fingerprint density at radius 2 is 1.64 bits per heavy atom. The van der Waals surface area contributed by atoms with Crippen molar-refractivity contribution in [3.63, 3.8) is 0 Å². The molecule has 0 spiro atoms. The summed E-state index contributed by atoms with van der Waals surface area (Å²) in [4.78, 5) is 13.0. The monoisotopic (exact) mass is 509 g/mol. The van der Waals surface area contributed by atoms with E-state index in [1.54, 1.807) is 62.5 Å². The second kappa shape index (κ2) is 10.6. The first-order valence-corrected chi connectivity index (χ1v) is 12.8. The number of anilines is 1. The topological polar surface area (TPSA) is 117 Å². The Bertz CT molecular complexity index is 1450. The van der Waals surface area contributed by atoms with E-state index in [0.717, 1.165) is 5.82 Å². The summed E-state index contributed by atoms with van der Waals surface area (Å²) in [7, 11) is -3.94. The molecule has 0 aliphatic rings. The molecule has 0 aliphatic carbocycles. The molecule has 0 fully saturated rings. The lowest BCUT2D eigenvalue weighted by atomic mass is 10.3. The zero-order chi connectivity index (χ0) is 25.7. The van der Waals surface area contributed by atoms with Gasteiger partial charge in [-0.15, -0.1) is 0 Å². The molecule has 4 rings (SSSR count). The molecule has 0 radical (unpaired) electrons. The minimum Gasteiger partial charge on any atom is -0.494 e. The van der Waals surface area contributed by atoms with Crippen LogP contribution in [0.2, 0.25) is 0 Å². The van der Waals surface area contributed by atoms with Gasteiger partial charge in [-0.1, -0.05) is 0 Å². The molecule has 2 aromatic heterocycles. The smallest absolute Gasteiger partial charge is 0.265 e. The number of hydrogen-bond acceptors (Lipinski definition) is 8. The lowest BCUT2D eigenvalue weighted by Crippen LogP contribution is -2.14. The van der Waals surface area contributed by atoms with Gasteiger partial charge in [0.15, 0.2) is 0 Å². The van der Waals surface area contributed by atoms with Gasteiger partial charge in [-0.2, -0.15) is 4.98 Å². The number of benzene rings is 2. The maximum Gasteiger partial charge on any atom is 0.265 e. The van der Waals surface area contributed by atoms with Crippen molar-refractivity contribution in [1.29, 1.82) is 0 Å². The minimum absolute atomic E-state index is 0.00517. The van der Waals surface area contributed by atoms with E-state index >= 15 is 0 Å². The molecular weight excluding hydrogens is 482 g/mol. The Kier molecular flexibility index (Phi) is 7.39. The van der Waals surface area contributed by atoms with E-state index in [1.807, 2.05) is 24.6 Å². The van der Waals surface area contributed by atoms with E-state index in [-0.39, 0.29) is 10.6 Å². The molecule has 188 valence electrons. The van der Waals surface area contributed by atoms with Crippen LogP contribution in [0.25, 0.3) is 5.82 Å². The predicted molar refractivity (Wildman–Crippen MR) is 135 cm³/mol. The Balaban J connectivity index is 1.53. The maximum absolute atomic E-state index is 13.1. The summed E-state index contributed by atoms with van der Waals surface area (Å²) in [5.74, 6) is 3.49. The Hall–Kier alpha value is -4.12. The fraction of sp³-hybridized carbons (Fsp3) is 0.240. The van der Waals surface area contributed by atoms with Gasteiger partial charge >= 0.3 is 0 Å². The Labute approximate surface area is 210 Å². The number of sulfonamides is 1. The molecule has 36 heavy (non-hydrogen) atoms. The van der Waals surface area contributed by atoms with Crippen molar-refractivity contribution >= 4 is 15.7 Å². The van der Waals surface area contributed by atoms with Gasteiger partial charge in [-0.25, -0.2) is 18.4 Å². The Morgan fingerprint density at radius 1 is 0.917 bits per heavy atom. The quantitative estimate of drug-likeness (QED) is 0.328. The molecule has 0 bridgehead atoms. The van der Waals surface area contributed by atoms with Crippen LogP contribution in [0.15, 0.2) is 65.8 Å². The van der Waals surface area contributed by atoms with Crippen LogP contribution in [-0.4, -0.2) is 41.2 Å². The molecule has 2 aromatic carbocycles. The van der Waals surface area contributed by atoms with E-state index in [2.05, 4.69) is 19.7 Å². The molecule has 0 amide bonds. The lowest BCUT2D eigenvalue weighted by molar-refractivity contribution is 0.322. The predicted octanol–water partition coefficient (Wildman–Crippen LogP) is 4.67. The summed E-state index contributed by atoms with van der Waals surface area (Å²) in [5.41, 5.74) is 0.361. The van der Waals surface area contributed by atoms with Gasteiger partial charge in [0.25, 0.3) is 10.0 Å². The highest BCUT2D eigenvalue weighted by molar-refractivity contribution is 7.92. The van der Waals surface area contributed by atoms with E-state index in [1.165, 1.54) is 6.07 Å².